The number of rotatable bonds is 6. The molecule has 1 aliphatic rings. The van der Waals surface area contributed by atoms with Crippen LogP contribution in [0.25, 0.3) is 0 Å². The maximum absolute atomic E-state index is 12.0. The van der Waals surface area contributed by atoms with E-state index in [0.717, 1.165) is 4.57 Å². The fraction of sp³-hybridized carbons (Fsp3) is 0.714. The first-order valence-corrected chi connectivity index (χ1v) is 7.47. The molecule has 5 N–H and O–H groups in total. The molecule has 2 heterocycles. The van der Waals surface area contributed by atoms with E-state index in [1.165, 1.54) is 13.3 Å². The number of nitrogens with zero attached hydrogens (tertiary/aromatic N) is 1. The molecule has 9 heteroatoms. The first-order chi connectivity index (χ1) is 10.9. The maximum atomic E-state index is 12.0. The molecule has 4 unspecified atom stereocenters. The predicted molar refractivity (Wildman–Crippen MR) is 81.1 cm³/mol. The third-order valence-corrected chi connectivity index (χ3v) is 4.03. The van der Waals surface area contributed by atoms with Crippen LogP contribution < -0.4 is 17.0 Å². The lowest BCUT2D eigenvalue weighted by Crippen LogP contribution is -2.40. The molecular weight excluding hydrogens is 306 g/mol. The number of aliphatic hydroxyl groups is 2. The Bertz CT molecular complexity index is 642. The quantitative estimate of drug-likeness (QED) is 0.483. The summed E-state index contributed by atoms with van der Waals surface area (Å²) >= 11 is 0. The minimum Gasteiger partial charge on any atom is -0.390 e. The molecule has 0 aliphatic carbocycles. The number of aromatic nitrogens is 2. The summed E-state index contributed by atoms with van der Waals surface area (Å²) in [7, 11) is 1.38. The monoisotopic (exact) mass is 329 g/mol. The van der Waals surface area contributed by atoms with Gasteiger partial charge in [0.1, 0.15) is 18.3 Å². The van der Waals surface area contributed by atoms with E-state index in [-0.39, 0.29) is 0 Å². The van der Waals surface area contributed by atoms with Crippen LogP contribution in [0, 0.1) is 6.92 Å². The third kappa shape index (κ3) is 3.54. The summed E-state index contributed by atoms with van der Waals surface area (Å²) in [4.78, 5) is 25.7. The van der Waals surface area contributed by atoms with Gasteiger partial charge in [-0.05, 0) is 26.3 Å². The van der Waals surface area contributed by atoms with Crippen molar-refractivity contribution < 1.29 is 19.7 Å². The van der Waals surface area contributed by atoms with Gasteiger partial charge < -0.3 is 25.4 Å². The van der Waals surface area contributed by atoms with Gasteiger partial charge in [0.25, 0.3) is 5.56 Å². The van der Waals surface area contributed by atoms with E-state index >= 15 is 0 Å². The van der Waals surface area contributed by atoms with E-state index in [0.29, 0.717) is 24.9 Å². The molecule has 0 bridgehead atoms. The highest BCUT2D eigenvalue weighted by molar-refractivity contribution is 5.03. The predicted octanol–water partition coefficient (Wildman–Crippen LogP) is -1.78. The molecule has 0 amide bonds. The lowest BCUT2D eigenvalue weighted by atomic mass is 10.0. The first kappa shape index (κ1) is 17.8. The molecule has 9 nitrogen and oxygen atoms in total. The number of aryl methyl sites for hydroxylation is 1. The van der Waals surface area contributed by atoms with Crippen LogP contribution in [0.1, 0.15) is 24.6 Å². The first-order valence-electron chi connectivity index (χ1n) is 7.47. The average molecular weight is 329 g/mol. The Labute approximate surface area is 132 Å². The number of aliphatic hydroxyl groups excluding tert-OH is 2. The second kappa shape index (κ2) is 7.37. The van der Waals surface area contributed by atoms with Gasteiger partial charge in [0.15, 0.2) is 6.23 Å². The largest absolute Gasteiger partial charge is 0.390 e. The number of H-pyrrole nitrogens is 1. The van der Waals surface area contributed by atoms with Crippen molar-refractivity contribution in [2.24, 2.45) is 5.73 Å². The van der Waals surface area contributed by atoms with E-state index in [9.17, 15) is 19.8 Å². The summed E-state index contributed by atoms with van der Waals surface area (Å²) in [5.41, 5.74) is 4.58. The van der Waals surface area contributed by atoms with Crippen LogP contribution in [-0.4, -0.2) is 57.8 Å². The van der Waals surface area contributed by atoms with Gasteiger partial charge >= 0.3 is 5.69 Å². The van der Waals surface area contributed by atoms with Crippen LogP contribution in [0.15, 0.2) is 15.8 Å². The Morgan fingerprint density at radius 2 is 2.22 bits per heavy atom. The second-order valence-corrected chi connectivity index (χ2v) is 5.66. The summed E-state index contributed by atoms with van der Waals surface area (Å²) < 4.78 is 12.1. The van der Waals surface area contributed by atoms with E-state index < -0.39 is 41.9 Å². The van der Waals surface area contributed by atoms with Gasteiger partial charge in [-0.3, -0.25) is 14.3 Å². The molecule has 1 saturated heterocycles. The Kier molecular flexibility index (Phi) is 5.71. The molecule has 0 radical (unpaired) electrons. The highest BCUT2D eigenvalue weighted by Crippen LogP contribution is 2.33. The fourth-order valence-electron chi connectivity index (χ4n) is 2.74. The van der Waals surface area contributed by atoms with Gasteiger partial charge in [0.2, 0.25) is 0 Å². The fourth-order valence-corrected chi connectivity index (χ4v) is 2.74. The number of methoxy groups -OCH3 is 1. The molecule has 0 spiro atoms. The molecule has 23 heavy (non-hydrogen) atoms. The molecule has 130 valence electrons. The molecule has 1 aromatic rings. The van der Waals surface area contributed by atoms with Gasteiger partial charge in [0, 0.05) is 18.9 Å². The Morgan fingerprint density at radius 3 is 2.83 bits per heavy atom. The average Bonchev–Trinajstić information content (AvgIpc) is 2.85. The minimum atomic E-state index is -1.11. The highest BCUT2D eigenvalue weighted by Gasteiger charge is 2.48. The number of nitrogens with one attached hydrogen (secondary N) is 1. The van der Waals surface area contributed by atoms with Crippen molar-refractivity contribution in [2.75, 3.05) is 13.7 Å². The van der Waals surface area contributed by atoms with E-state index in [1.54, 1.807) is 6.92 Å². The Morgan fingerprint density at radius 1 is 1.52 bits per heavy atom. The smallest absolute Gasteiger partial charge is 0.330 e. The summed E-state index contributed by atoms with van der Waals surface area (Å²) in [6.45, 7) is 1.96. The van der Waals surface area contributed by atoms with Crippen molar-refractivity contribution in [3.8, 4) is 0 Å². The number of ether oxygens (including phenoxy) is 2. The van der Waals surface area contributed by atoms with Crippen molar-refractivity contribution in [1.29, 1.82) is 0 Å². The van der Waals surface area contributed by atoms with Crippen molar-refractivity contribution in [3.63, 3.8) is 0 Å². The summed E-state index contributed by atoms with van der Waals surface area (Å²) in [6.07, 6.45) is -2.47. The Balaban J connectivity index is 2.30. The number of hydrogen-bond donors (Lipinski definition) is 4. The van der Waals surface area contributed by atoms with Gasteiger partial charge in [-0.1, -0.05) is 0 Å². The topological polar surface area (TPSA) is 140 Å². The highest BCUT2D eigenvalue weighted by atomic mass is 16.6. The van der Waals surface area contributed by atoms with Crippen molar-refractivity contribution in [3.05, 3.63) is 32.6 Å². The molecule has 5 atom stereocenters. The van der Waals surface area contributed by atoms with Gasteiger partial charge in [-0.25, -0.2) is 4.79 Å². The SMILES string of the molecule is COC1C(O)C([C@@H](O)CCCN)OC1n1cc(C)c(=O)[nH]c1=O. The summed E-state index contributed by atoms with van der Waals surface area (Å²) in [6, 6.07) is 0. The van der Waals surface area contributed by atoms with Crippen LogP contribution in [0.4, 0.5) is 0 Å². The Hall–Kier alpha value is -1.52. The third-order valence-electron chi connectivity index (χ3n) is 4.03. The zero-order valence-electron chi connectivity index (χ0n) is 13.1. The second-order valence-electron chi connectivity index (χ2n) is 5.66. The van der Waals surface area contributed by atoms with E-state index in [4.69, 9.17) is 15.2 Å². The maximum Gasteiger partial charge on any atom is 0.330 e. The van der Waals surface area contributed by atoms with Crippen LogP contribution >= 0.6 is 0 Å². The van der Waals surface area contributed by atoms with Crippen LogP contribution in [0.5, 0.6) is 0 Å². The number of aromatic amines is 1. The molecule has 0 aromatic carbocycles. The van der Waals surface area contributed by atoms with Gasteiger partial charge in [-0.2, -0.15) is 0 Å². The lowest BCUT2D eigenvalue weighted by molar-refractivity contribution is -0.0895. The minimum absolute atomic E-state index is 0.324. The number of nitrogens with two attached hydrogens (primary N) is 1. The standard InChI is InChI=1S/C14H23N3O6/c1-7-6-17(14(21)16-12(7)20)13-11(22-2)9(19)10(23-13)8(18)4-3-5-15/h6,8-11,13,18-19H,3-5,15H2,1-2H3,(H,16,20,21)/t8-,9?,10?,11?,13?/m0/s1. The summed E-state index contributed by atoms with van der Waals surface area (Å²) in [5.74, 6) is 0. The molecule has 2 rings (SSSR count). The molecular formula is C14H23N3O6. The van der Waals surface area contributed by atoms with E-state index in [1.807, 2.05) is 0 Å². The van der Waals surface area contributed by atoms with Crippen molar-refractivity contribution in [2.45, 2.75) is 50.4 Å². The van der Waals surface area contributed by atoms with Crippen LogP contribution in [-0.2, 0) is 9.47 Å². The van der Waals surface area contributed by atoms with Crippen LogP contribution in [0.2, 0.25) is 0 Å². The zero-order valence-corrected chi connectivity index (χ0v) is 13.1. The molecule has 1 fully saturated rings. The lowest BCUT2D eigenvalue weighted by Gasteiger charge is -2.21. The zero-order chi connectivity index (χ0) is 17.1. The molecule has 1 aliphatic heterocycles. The number of hydrogen-bond acceptors (Lipinski definition) is 7. The summed E-state index contributed by atoms with van der Waals surface area (Å²) in [5, 5.41) is 20.5. The normalized spacial score (nSPS) is 28.9. The van der Waals surface area contributed by atoms with Crippen molar-refractivity contribution in [1.82, 2.24) is 9.55 Å². The van der Waals surface area contributed by atoms with Gasteiger partial charge in [-0.15, -0.1) is 0 Å². The molecule has 1 aromatic heterocycles. The molecule has 0 saturated carbocycles. The van der Waals surface area contributed by atoms with Crippen molar-refractivity contribution >= 4 is 0 Å². The van der Waals surface area contributed by atoms with Gasteiger partial charge in [0.05, 0.1) is 6.10 Å². The van der Waals surface area contributed by atoms with Crippen LogP contribution in [0.3, 0.4) is 0 Å². The van der Waals surface area contributed by atoms with E-state index in [2.05, 4.69) is 4.98 Å².